The second-order valence-electron chi connectivity index (χ2n) is 6.17. The molecule has 3 aromatic rings. The Bertz CT molecular complexity index is 881. The smallest absolute Gasteiger partial charge is 0.128 e. The number of hydrogen-bond acceptors (Lipinski definition) is 2. The van der Waals surface area contributed by atoms with E-state index in [0.29, 0.717) is 0 Å². The number of aromatic nitrogens is 1. The van der Waals surface area contributed by atoms with Gasteiger partial charge in [0.05, 0.1) is 18.3 Å². The van der Waals surface area contributed by atoms with Crippen LogP contribution in [0.4, 0.5) is 0 Å². The zero-order valence-electron chi connectivity index (χ0n) is 14.5. The molecule has 0 radical (unpaired) electrons. The molecule has 0 atom stereocenters. The minimum atomic E-state index is 0.898. The maximum atomic E-state index is 5.53. The van der Waals surface area contributed by atoms with Gasteiger partial charge in [-0.3, -0.25) is 0 Å². The summed E-state index contributed by atoms with van der Waals surface area (Å²) in [6.07, 6.45) is 0.973. The lowest BCUT2D eigenvalue weighted by atomic mass is 9.98. The fourth-order valence-electron chi connectivity index (χ4n) is 3.02. The largest absolute Gasteiger partial charge is 0.496 e. The molecular weight excluding hydrogens is 282 g/mol. The van der Waals surface area contributed by atoms with Crippen LogP contribution in [-0.2, 0) is 6.42 Å². The SMILES string of the molecule is CCc1cc(OC)c2ccc(-c3cc(C)c(C)cc3C)nc2c1. The van der Waals surface area contributed by atoms with Gasteiger partial charge in [-0.2, -0.15) is 0 Å². The average molecular weight is 305 g/mol. The number of nitrogens with zero attached hydrogens (tertiary/aromatic N) is 1. The Hall–Kier alpha value is -2.35. The van der Waals surface area contributed by atoms with Gasteiger partial charge in [-0.15, -0.1) is 0 Å². The number of benzene rings is 2. The lowest BCUT2D eigenvalue weighted by Gasteiger charge is -2.12. The van der Waals surface area contributed by atoms with Crippen molar-refractivity contribution in [3.8, 4) is 17.0 Å². The van der Waals surface area contributed by atoms with Crippen molar-refractivity contribution < 1.29 is 4.74 Å². The molecule has 118 valence electrons. The molecule has 0 aliphatic rings. The number of pyridine rings is 1. The summed E-state index contributed by atoms with van der Waals surface area (Å²) in [5, 5.41) is 1.06. The molecule has 2 aromatic carbocycles. The molecule has 0 bridgehead atoms. The maximum Gasteiger partial charge on any atom is 0.128 e. The zero-order chi connectivity index (χ0) is 16.6. The molecule has 1 aromatic heterocycles. The van der Waals surface area contributed by atoms with Crippen molar-refractivity contribution in [1.82, 2.24) is 4.98 Å². The minimum absolute atomic E-state index is 0.898. The highest BCUT2D eigenvalue weighted by Gasteiger charge is 2.10. The lowest BCUT2D eigenvalue weighted by Crippen LogP contribution is -1.94. The van der Waals surface area contributed by atoms with Crippen LogP contribution in [-0.4, -0.2) is 12.1 Å². The quantitative estimate of drug-likeness (QED) is 0.646. The van der Waals surface area contributed by atoms with E-state index in [-0.39, 0.29) is 0 Å². The number of methoxy groups -OCH3 is 1. The molecule has 0 fully saturated rings. The average Bonchev–Trinajstić information content (AvgIpc) is 2.56. The van der Waals surface area contributed by atoms with E-state index in [1.54, 1.807) is 7.11 Å². The fraction of sp³-hybridized carbons (Fsp3) is 0.286. The van der Waals surface area contributed by atoms with E-state index in [9.17, 15) is 0 Å². The lowest BCUT2D eigenvalue weighted by molar-refractivity contribution is 0.419. The van der Waals surface area contributed by atoms with Crippen LogP contribution in [0.3, 0.4) is 0 Å². The van der Waals surface area contributed by atoms with Gasteiger partial charge in [-0.05, 0) is 79.8 Å². The van der Waals surface area contributed by atoms with Crippen LogP contribution in [0, 0.1) is 20.8 Å². The first-order valence-corrected chi connectivity index (χ1v) is 8.09. The predicted octanol–water partition coefficient (Wildman–Crippen LogP) is 5.40. The van der Waals surface area contributed by atoms with Crippen molar-refractivity contribution in [2.24, 2.45) is 0 Å². The van der Waals surface area contributed by atoms with E-state index in [1.165, 1.54) is 27.8 Å². The first-order valence-electron chi connectivity index (χ1n) is 8.09. The maximum absolute atomic E-state index is 5.53. The highest BCUT2D eigenvalue weighted by molar-refractivity contribution is 5.88. The zero-order valence-corrected chi connectivity index (χ0v) is 14.5. The van der Waals surface area contributed by atoms with Crippen molar-refractivity contribution in [2.45, 2.75) is 34.1 Å². The van der Waals surface area contributed by atoms with Crippen LogP contribution >= 0.6 is 0 Å². The second kappa shape index (κ2) is 6.04. The van der Waals surface area contributed by atoms with E-state index < -0.39 is 0 Å². The summed E-state index contributed by atoms with van der Waals surface area (Å²) in [6, 6.07) is 12.9. The van der Waals surface area contributed by atoms with Gasteiger partial charge < -0.3 is 4.74 Å². The number of hydrogen-bond donors (Lipinski definition) is 0. The Labute approximate surface area is 138 Å². The molecule has 0 aliphatic carbocycles. The van der Waals surface area contributed by atoms with Gasteiger partial charge in [0, 0.05) is 10.9 Å². The van der Waals surface area contributed by atoms with E-state index in [1.807, 2.05) is 0 Å². The van der Waals surface area contributed by atoms with Crippen LogP contribution in [0.2, 0.25) is 0 Å². The Balaban J connectivity index is 2.22. The highest BCUT2D eigenvalue weighted by Crippen LogP contribution is 2.31. The summed E-state index contributed by atoms with van der Waals surface area (Å²) in [7, 11) is 1.72. The van der Waals surface area contributed by atoms with Crippen molar-refractivity contribution in [3.05, 3.63) is 58.7 Å². The van der Waals surface area contributed by atoms with Gasteiger partial charge in [0.2, 0.25) is 0 Å². The van der Waals surface area contributed by atoms with E-state index in [2.05, 4.69) is 64.1 Å². The molecule has 1 heterocycles. The summed E-state index contributed by atoms with van der Waals surface area (Å²) in [5.74, 6) is 0.898. The highest BCUT2D eigenvalue weighted by atomic mass is 16.5. The van der Waals surface area contributed by atoms with E-state index in [4.69, 9.17) is 9.72 Å². The number of ether oxygens (including phenoxy) is 1. The molecule has 0 N–H and O–H groups in total. The predicted molar refractivity (Wildman–Crippen MR) is 97.3 cm³/mol. The third kappa shape index (κ3) is 2.81. The van der Waals surface area contributed by atoms with E-state index in [0.717, 1.165) is 28.8 Å². The third-order valence-corrected chi connectivity index (χ3v) is 4.57. The molecule has 0 aliphatic heterocycles. The summed E-state index contributed by atoms with van der Waals surface area (Å²) in [4.78, 5) is 4.91. The first kappa shape index (κ1) is 15.5. The van der Waals surface area contributed by atoms with Crippen LogP contribution in [0.25, 0.3) is 22.2 Å². The second-order valence-corrected chi connectivity index (χ2v) is 6.17. The van der Waals surface area contributed by atoms with Crippen LogP contribution < -0.4 is 4.74 Å². The molecule has 23 heavy (non-hydrogen) atoms. The first-order chi connectivity index (χ1) is 11.0. The Morgan fingerprint density at radius 3 is 2.35 bits per heavy atom. The van der Waals surface area contributed by atoms with Gasteiger partial charge in [0.25, 0.3) is 0 Å². The van der Waals surface area contributed by atoms with Crippen molar-refractivity contribution in [3.63, 3.8) is 0 Å². The molecule has 3 rings (SSSR count). The molecular formula is C21H23NO. The van der Waals surface area contributed by atoms with Crippen molar-refractivity contribution in [1.29, 1.82) is 0 Å². The van der Waals surface area contributed by atoms with Gasteiger partial charge in [-0.25, -0.2) is 4.98 Å². The number of aryl methyl sites for hydroxylation is 4. The molecule has 0 spiro atoms. The van der Waals surface area contributed by atoms with Crippen molar-refractivity contribution >= 4 is 10.9 Å². The number of fused-ring (bicyclic) bond motifs is 1. The van der Waals surface area contributed by atoms with Gasteiger partial charge >= 0.3 is 0 Å². The van der Waals surface area contributed by atoms with Gasteiger partial charge in [-0.1, -0.05) is 13.0 Å². The van der Waals surface area contributed by atoms with E-state index >= 15 is 0 Å². The van der Waals surface area contributed by atoms with Crippen LogP contribution in [0.1, 0.15) is 29.2 Å². The van der Waals surface area contributed by atoms with Crippen molar-refractivity contribution in [2.75, 3.05) is 7.11 Å². The summed E-state index contributed by atoms with van der Waals surface area (Å²) >= 11 is 0. The van der Waals surface area contributed by atoms with Crippen LogP contribution in [0.15, 0.2) is 36.4 Å². The molecule has 0 saturated carbocycles. The summed E-state index contributed by atoms with van der Waals surface area (Å²) in [6.45, 7) is 8.60. The summed E-state index contributed by atoms with van der Waals surface area (Å²) in [5.41, 5.74) is 8.35. The fourth-order valence-corrected chi connectivity index (χ4v) is 3.02. The standard InChI is InChI=1S/C21H23NO/c1-6-16-11-20-17(21(12-16)23-5)7-8-19(22-20)18-10-14(3)13(2)9-15(18)4/h7-12H,6H2,1-5H3. The Morgan fingerprint density at radius 2 is 1.65 bits per heavy atom. The summed E-state index contributed by atoms with van der Waals surface area (Å²) < 4.78 is 5.53. The van der Waals surface area contributed by atoms with Gasteiger partial charge in [0.1, 0.15) is 5.75 Å². The van der Waals surface area contributed by atoms with Crippen LogP contribution in [0.5, 0.6) is 5.75 Å². The Morgan fingerprint density at radius 1 is 0.913 bits per heavy atom. The number of rotatable bonds is 3. The monoisotopic (exact) mass is 305 g/mol. The minimum Gasteiger partial charge on any atom is -0.496 e. The van der Waals surface area contributed by atoms with Gasteiger partial charge in [0.15, 0.2) is 0 Å². The molecule has 2 nitrogen and oxygen atoms in total. The molecule has 2 heteroatoms. The molecule has 0 saturated heterocycles. The molecule has 0 unspecified atom stereocenters. The normalized spacial score (nSPS) is 11.0. The Kier molecular flexibility index (Phi) is 4.08. The topological polar surface area (TPSA) is 22.1 Å². The third-order valence-electron chi connectivity index (χ3n) is 4.57. The molecule has 0 amide bonds.